The molecule has 0 fully saturated rings. The summed E-state index contributed by atoms with van der Waals surface area (Å²) in [6.45, 7) is 8.94. The van der Waals surface area contributed by atoms with Crippen molar-refractivity contribution in [1.29, 1.82) is 0 Å². The van der Waals surface area contributed by atoms with Crippen LogP contribution in [0, 0.1) is 0 Å². The lowest BCUT2D eigenvalue weighted by Gasteiger charge is -2.27. The first kappa shape index (κ1) is 42.4. The average Bonchev–Trinajstić information content (AvgIpc) is 4.27. The van der Waals surface area contributed by atoms with Crippen LogP contribution in [0.1, 0.15) is 50.7 Å². The number of fused-ring (bicyclic) bond motifs is 17. The maximum absolute atomic E-state index is 7.00. The standard InChI is InChI=1S/C68H48N2O4/c1-39(2)41-17-22-44(23-18-41)69(47-27-31-60-55(36-47)51-12-7-9-15-58(51)71-60)46-26-30-49-43(35-46)21-29-54-66-62(74-68(49)54)33-34-63-67(66)65-53-14-6-5-11-50(53)57(38-64(65)73-63)70(45-24-19-42(20-25-45)40(3)4)48-28-32-61-56(37-48)52-13-8-10-16-59(52)72-61/h5-40H,1-4H3. The number of anilines is 6. The van der Waals surface area contributed by atoms with E-state index in [0.29, 0.717) is 11.8 Å². The zero-order valence-electron chi connectivity index (χ0n) is 41.3. The van der Waals surface area contributed by atoms with Gasteiger partial charge >= 0.3 is 0 Å². The molecule has 15 rings (SSSR count). The fourth-order valence-corrected chi connectivity index (χ4v) is 11.7. The Morgan fingerprint density at radius 2 is 0.730 bits per heavy atom. The van der Waals surface area contributed by atoms with Gasteiger partial charge in [-0.3, -0.25) is 0 Å². The van der Waals surface area contributed by atoms with Crippen LogP contribution in [0.25, 0.3) is 109 Å². The summed E-state index contributed by atoms with van der Waals surface area (Å²) in [7, 11) is 0. The van der Waals surface area contributed by atoms with E-state index in [0.717, 1.165) is 143 Å². The Morgan fingerprint density at radius 3 is 1.35 bits per heavy atom. The van der Waals surface area contributed by atoms with Crippen molar-refractivity contribution >= 4 is 143 Å². The highest BCUT2D eigenvalue weighted by atomic mass is 16.3. The molecule has 6 nitrogen and oxygen atoms in total. The second-order valence-electron chi connectivity index (χ2n) is 20.4. The topological polar surface area (TPSA) is 59.0 Å². The number of para-hydroxylation sites is 2. The van der Waals surface area contributed by atoms with Gasteiger partial charge < -0.3 is 27.5 Å². The molecule has 0 N–H and O–H groups in total. The van der Waals surface area contributed by atoms with Gasteiger partial charge in [-0.05, 0) is 143 Å². The van der Waals surface area contributed by atoms with Gasteiger partial charge in [-0.25, -0.2) is 0 Å². The number of hydrogen-bond acceptors (Lipinski definition) is 6. The van der Waals surface area contributed by atoms with Gasteiger partial charge in [-0.1, -0.05) is 119 Å². The van der Waals surface area contributed by atoms with E-state index in [1.165, 1.54) is 11.1 Å². The SMILES string of the molecule is CC(C)c1ccc(N(c2ccc3c(ccc4c3oc3ccc5oc6cc(N(c7ccc(C(C)C)cc7)c7ccc8oc9ccccc9c8c7)c7ccccc7c6c5c34)c2)c2ccc3oc4ccccc4c3c2)cc1. The van der Waals surface area contributed by atoms with Crippen molar-refractivity contribution < 1.29 is 17.7 Å². The highest BCUT2D eigenvalue weighted by Crippen LogP contribution is 2.49. The highest BCUT2D eigenvalue weighted by Gasteiger charge is 2.25. The molecule has 4 aromatic heterocycles. The quantitative estimate of drug-likeness (QED) is 0.151. The molecule has 0 radical (unpaired) electrons. The summed E-state index contributed by atoms with van der Waals surface area (Å²) in [5.41, 5.74) is 15.7. The Kier molecular flexibility index (Phi) is 9.24. The third kappa shape index (κ3) is 6.44. The van der Waals surface area contributed by atoms with Crippen LogP contribution in [0.2, 0.25) is 0 Å². The zero-order chi connectivity index (χ0) is 49.3. The summed E-state index contributed by atoms with van der Waals surface area (Å²) in [6, 6.07) is 73.7. The minimum Gasteiger partial charge on any atom is -0.456 e. The lowest BCUT2D eigenvalue weighted by molar-refractivity contribution is 0.664. The van der Waals surface area contributed by atoms with Crippen molar-refractivity contribution in [3.63, 3.8) is 0 Å². The number of furan rings is 4. The number of hydrogen-bond donors (Lipinski definition) is 0. The normalized spacial score (nSPS) is 12.3. The first-order chi connectivity index (χ1) is 36.3. The first-order valence-corrected chi connectivity index (χ1v) is 25.6. The Balaban J connectivity index is 0.906. The van der Waals surface area contributed by atoms with Crippen molar-refractivity contribution in [3.8, 4) is 0 Å². The Labute approximate surface area is 425 Å². The van der Waals surface area contributed by atoms with E-state index in [9.17, 15) is 0 Å². The van der Waals surface area contributed by atoms with Crippen LogP contribution in [0.3, 0.4) is 0 Å². The molecule has 74 heavy (non-hydrogen) atoms. The molecule has 354 valence electrons. The second kappa shape index (κ2) is 16.1. The smallest absolute Gasteiger partial charge is 0.143 e. The zero-order valence-corrected chi connectivity index (χ0v) is 41.3. The molecule has 0 aliphatic rings. The molecule has 0 unspecified atom stereocenters. The summed E-state index contributed by atoms with van der Waals surface area (Å²) in [5.74, 6) is 0.833. The van der Waals surface area contributed by atoms with E-state index in [-0.39, 0.29) is 0 Å². The van der Waals surface area contributed by atoms with E-state index in [2.05, 4.69) is 219 Å². The monoisotopic (exact) mass is 956 g/mol. The molecule has 0 bridgehead atoms. The van der Waals surface area contributed by atoms with E-state index < -0.39 is 0 Å². The molecule has 0 saturated heterocycles. The molecule has 0 spiro atoms. The molecule has 0 atom stereocenters. The minimum atomic E-state index is 0.407. The predicted molar refractivity (Wildman–Crippen MR) is 308 cm³/mol. The third-order valence-electron chi connectivity index (χ3n) is 15.4. The molecule has 15 aromatic rings. The number of nitrogens with zero attached hydrogens (tertiary/aromatic N) is 2. The van der Waals surface area contributed by atoms with Crippen LogP contribution >= 0.6 is 0 Å². The maximum atomic E-state index is 7.00. The van der Waals surface area contributed by atoms with Crippen LogP contribution in [-0.4, -0.2) is 0 Å². The summed E-state index contributed by atoms with van der Waals surface area (Å²) < 4.78 is 26.6. The third-order valence-corrected chi connectivity index (χ3v) is 15.4. The number of rotatable bonds is 8. The van der Waals surface area contributed by atoms with Crippen molar-refractivity contribution in [2.75, 3.05) is 9.80 Å². The van der Waals surface area contributed by atoms with Crippen molar-refractivity contribution in [3.05, 3.63) is 217 Å². The van der Waals surface area contributed by atoms with Gasteiger partial charge in [0.1, 0.15) is 44.7 Å². The largest absolute Gasteiger partial charge is 0.456 e. The van der Waals surface area contributed by atoms with E-state index >= 15 is 0 Å². The summed E-state index contributed by atoms with van der Waals surface area (Å²) >= 11 is 0. The van der Waals surface area contributed by atoms with Gasteiger partial charge in [-0.2, -0.15) is 0 Å². The molecular formula is C68H48N2O4. The number of benzene rings is 11. The van der Waals surface area contributed by atoms with E-state index in [1.54, 1.807) is 0 Å². The van der Waals surface area contributed by atoms with E-state index in [4.69, 9.17) is 17.7 Å². The predicted octanol–water partition coefficient (Wildman–Crippen LogP) is 20.8. The fourth-order valence-electron chi connectivity index (χ4n) is 11.7. The lowest BCUT2D eigenvalue weighted by Crippen LogP contribution is -2.10. The van der Waals surface area contributed by atoms with Crippen LogP contribution in [0.4, 0.5) is 34.1 Å². The van der Waals surface area contributed by atoms with Crippen molar-refractivity contribution in [2.45, 2.75) is 39.5 Å². The highest BCUT2D eigenvalue weighted by molar-refractivity contribution is 6.33. The van der Waals surface area contributed by atoms with Gasteiger partial charge in [0.05, 0.1) is 5.69 Å². The lowest BCUT2D eigenvalue weighted by atomic mass is 9.97. The Morgan fingerprint density at radius 1 is 0.284 bits per heavy atom. The van der Waals surface area contributed by atoms with E-state index in [1.807, 2.05) is 24.3 Å². The van der Waals surface area contributed by atoms with Gasteiger partial charge in [-0.15, -0.1) is 0 Å². The molecular weight excluding hydrogens is 909 g/mol. The summed E-state index contributed by atoms with van der Waals surface area (Å²) in [4.78, 5) is 4.71. The molecule has 0 saturated carbocycles. The summed E-state index contributed by atoms with van der Waals surface area (Å²) in [5, 5.41) is 12.9. The second-order valence-corrected chi connectivity index (χ2v) is 20.4. The van der Waals surface area contributed by atoms with Gasteiger partial charge in [0, 0.05) is 88.4 Å². The molecule has 4 heterocycles. The molecule has 6 heteroatoms. The van der Waals surface area contributed by atoms with Crippen LogP contribution in [0.15, 0.2) is 224 Å². The van der Waals surface area contributed by atoms with Crippen LogP contribution in [-0.2, 0) is 0 Å². The van der Waals surface area contributed by atoms with Crippen LogP contribution < -0.4 is 9.80 Å². The van der Waals surface area contributed by atoms with Gasteiger partial charge in [0.25, 0.3) is 0 Å². The minimum absolute atomic E-state index is 0.407. The summed E-state index contributed by atoms with van der Waals surface area (Å²) in [6.07, 6.45) is 0. The fraction of sp³-hybridized carbons (Fsp3) is 0.0882. The molecule has 11 aromatic carbocycles. The van der Waals surface area contributed by atoms with Gasteiger partial charge in [0.2, 0.25) is 0 Å². The first-order valence-electron chi connectivity index (χ1n) is 25.6. The van der Waals surface area contributed by atoms with Crippen LogP contribution in [0.5, 0.6) is 0 Å². The Hall–Kier alpha value is -9.26. The van der Waals surface area contributed by atoms with Crippen molar-refractivity contribution in [1.82, 2.24) is 0 Å². The molecule has 0 aliphatic carbocycles. The molecule has 0 amide bonds. The van der Waals surface area contributed by atoms with Crippen molar-refractivity contribution in [2.24, 2.45) is 0 Å². The average molecular weight is 957 g/mol. The Bertz CT molecular complexity index is 4740. The van der Waals surface area contributed by atoms with Gasteiger partial charge in [0.15, 0.2) is 0 Å². The maximum Gasteiger partial charge on any atom is 0.143 e. The molecule has 0 aliphatic heterocycles.